The van der Waals surface area contributed by atoms with Crippen LogP contribution in [-0.4, -0.2) is 18.6 Å². The van der Waals surface area contributed by atoms with E-state index in [1.54, 1.807) is 11.8 Å². The molecule has 0 saturated carbocycles. The van der Waals surface area contributed by atoms with Crippen molar-refractivity contribution in [3.63, 3.8) is 0 Å². The van der Waals surface area contributed by atoms with Gasteiger partial charge in [-0.15, -0.1) is 11.8 Å². The molecule has 62 valence electrons. The fourth-order valence-corrected chi connectivity index (χ4v) is 1.64. The topological polar surface area (TPSA) is 26.3 Å². The molecular weight excluding hydrogens is 172 g/mol. The number of hydrogen-bond acceptors (Lipinski definition) is 3. The molecule has 0 atom stereocenters. The highest BCUT2D eigenvalue weighted by Gasteiger charge is 2.20. The summed E-state index contributed by atoms with van der Waals surface area (Å²) in [6.45, 7) is 0.202. The molecule has 2 nitrogen and oxygen atoms in total. The Morgan fingerprint density at radius 3 is 3.08 bits per heavy atom. The van der Waals surface area contributed by atoms with Gasteiger partial charge in [-0.25, -0.2) is 0 Å². The van der Waals surface area contributed by atoms with Gasteiger partial charge in [0, 0.05) is 4.90 Å². The van der Waals surface area contributed by atoms with Gasteiger partial charge in [0.15, 0.2) is 6.61 Å². The molecule has 1 aliphatic heterocycles. The lowest BCUT2D eigenvalue weighted by atomic mass is 10.1. The second kappa shape index (κ2) is 2.83. The van der Waals surface area contributed by atoms with Gasteiger partial charge in [-0.2, -0.15) is 0 Å². The monoisotopic (exact) mass is 180 g/mol. The SMILES string of the molecule is CSc1ccc2c(c1)C(=O)CO2. The van der Waals surface area contributed by atoms with Crippen molar-refractivity contribution in [3.8, 4) is 5.75 Å². The highest BCUT2D eigenvalue weighted by Crippen LogP contribution is 2.28. The number of carbonyl (C=O) groups excluding carboxylic acids is 1. The second-order valence-corrected chi connectivity index (χ2v) is 3.45. The van der Waals surface area contributed by atoms with Crippen LogP contribution in [0, 0.1) is 0 Å². The number of rotatable bonds is 1. The predicted octanol–water partition coefficient (Wildman–Crippen LogP) is 1.98. The fraction of sp³-hybridized carbons (Fsp3) is 0.222. The normalized spacial score (nSPS) is 14.2. The van der Waals surface area contributed by atoms with Crippen LogP contribution in [0.25, 0.3) is 0 Å². The van der Waals surface area contributed by atoms with Crippen molar-refractivity contribution in [2.45, 2.75) is 4.90 Å². The maximum atomic E-state index is 11.2. The molecule has 0 saturated heterocycles. The third-order valence-electron chi connectivity index (χ3n) is 1.85. The standard InChI is InChI=1S/C9H8O2S/c1-12-6-2-3-9-7(4-6)8(10)5-11-9/h2-4H,5H2,1H3. The summed E-state index contributed by atoms with van der Waals surface area (Å²) in [5.74, 6) is 0.804. The van der Waals surface area contributed by atoms with Crippen molar-refractivity contribution in [2.24, 2.45) is 0 Å². The van der Waals surface area contributed by atoms with Crippen molar-refractivity contribution in [3.05, 3.63) is 23.8 Å². The van der Waals surface area contributed by atoms with Crippen molar-refractivity contribution < 1.29 is 9.53 Å². The summed E-state index contributed by atoms with van der Waals surface area (Å²) in [6, 6.07) is 5.70. The van der Waals surface area contributed by atoms with Crippen LogP contribution in [0.4, 0.5) is 0 Å². The number of thioether (sulfide) groups is 1. The summed E-state index contributed by atoms with van der Waals surface area (Å²) in [6.07, 6.45) is 1.99. The highest BCUT2D eigenvalue weighted by molar-refractivity contribution is 7.98. The molecule has 0 unspecified atom stereocenters. The number of Topliss-reactive ketones (excluding diaryl/α,β-unsaturated/α-hetero) is 1. The molecule has 0 spiro atoms. The molecule has 2 rings (SSSR count). The predicted molar refractivity (Wildman–Crippen MR) is 48.0 cm³/mol. The first-order valence-corrected chi connectivity index (χ1v) is 4.88. The van der Waals surface area contributed by atoms with E-state index in [0.717, 1.165) is 16.2 Å². The van der Waals surface area contributed by atoms with Crippen molar-refractivity contribution in [1.29, 1.82) is 0 Å². The first-order chi connectivity index (χ1) is 5.81. The smallest absolute Gasteiger partial charge is 0.203 e. The van der Waals surface area contributed by atoms with Gasteiger partial charge >= 0.3 is 0 Å². The van der Waals surface area contributed by atoms with Crippen LogP contribution in [0.3, 0.4) is 0 Å². The Balaban J connectivity index is 2.50. The highest BCUT2D eigenvalue weighted by atomic mass is 32.2. The van der Waals surface area contributed by atoms with Crippen molar-refractivity contribution in [1.82, 2.24) is 0 Å². The zero-order valence-corrected chi connectivity index (χ0v) is 7.48. The van der Waals surface area contributed by atoms with E-state index in [4.69, 9.17) is 4.74 Å². The van der Waals surface area contributed by atoms with E-state index < -0.39 is 0 Å². The Bertz CT molecular complexity index is 333. The third kappa shape index (κ3) is 1.10. The van der Waals surface area contributed by atoms with Gasteiger partial charge in [0.1, 0.15) is 5.75 Å². The molecule has 0 N–H and O–H groups in total. The minimum atomic E-state index is 0.0842. The van der Waals surface area contributed by atoms with Gasteiger partial charge in [0.25, 0.3) is 0 Å². The first-order valence-electron chi connectivity index (χ1n) is 3.65. The van der Waals surface area contributed by atoms with Crippen molar-refractivity contribution in [2.75, 3.05) is 12.9 Å². The van der Waals surface area contributed by atoms with Crippen LogP contribution in [0.1, 0.15) is 10.4 Å². The summed E-state index contributed by atoms with van der Waals surface area (Å²) in [5.41, 5.74) is 0.724. The molecule has 1 aliphatic rings. The summed E-state index contributed by atoms with van der Waals surface area (Å²) in [4.78, 5) is 12.3. The van der Waals surface area contributed by atoms with E-state index in [0.29, 0.717) is 0 Å². The molecule has 1 aromatic carbocycles. The zero-order chi connectivity index (χ0) is 8.55. The van der Waals surface area contributed by atoms with E-state index in [1.165, 1.54) is 0 Å². The summed E-state index contributed by atoms with van der Waals surface area (Å²) in [7, 11) is 0. The molecule has 0 amide bonds. The van der Waals surface area contributed by atoms with Gasteiger partial charge in [0.05, 0.1) is 5.56 Å². The van der Waals surface area contributed by atoms with E-state index in [1.807, 2.05) is 24.5 Å². The Labute approximate surface area is 74.9 Å². The number of fused-ring (bicyclic) bond motifs is 1. The van der Waals surface area contributed by atoms with Gasteiger partial charge in [-0.3, -0.25) is 4.79 Å². The van der Waals surface area contributed by atoms with Crippen LogP contribution >= 0.6 is 11.8 Å². The Kier molecular flexibility index (Phi) is 1.81. The van der Waals surface area contributed by atoms with Gasteiger partial charge < -0.3 is 4.74 Å². The molecule has 3 heteroatoms. The van der Waals surface area contributed by atoms with E-state index in [-0.39, 0.29) is 12.4 Å². The van der Waals surface area contributed by atoms with Crippen LogP contribution < -0.4 is 4.74 Å². The summed E-state index contributed by atoms with van der Waals surface area (Å²) in [5, 5.41) is 0. The van der Waals surface area contributed by atoms with E-state index in [9.17, 15) is 4.79 Å². The Hall–Kier alpha value is -0.960. The molecule has 12 heavy (non-hydrogen) atoms. The number of carbonyl (C=O) groups is 1. The molecule has 0 fully saturated rings. The lowest BCUT2D eigenvalue weighted by molar-refractivity contribution is 0.0961. The molecule has 0 bridgehead atoms. The Morgan fingerprint density at radius 1 is 1.50 bits per heavy atom. The van der Waals surface area contributed by atoms with Gasteiger partial charge in [-0.05, 0) is 24.5 Å². The number of hydrogen-bond donors (Lipinski definition) is 0. The molecule has 0 aromatic heterocycles. The maximum absolute atomic E-state index is 11.2. The molecule has 0 aliphatic carbocycles. The average Bonchev–Trinajstić information content (AvgIpc) is 2.47. The summed E-state index contributed by atoms with van der Waals surface area (Å²) < 4.78 is 5.15. The Morgan fingerprint density at radius 2 is 2.33 bits per heavy atom. The van der Waals surface area contributed by atoms with Gasteiger partial charge in [0.2, 0.25) is 5.78 Å². The first kappa shape index (κ1) is 7.68. The number of ketones is 1. The maximum Gasteiger partial charge on any atom is 0.203 e. The van der Waals surface area contributed by atoms with Crippen LogP contribution in [-0.2, 0) is 0 Å². The molecule has 1 aromatic rings. The minimum absolute atomic E-state index is 0.0842. The van der Waals surface area contributed by atoms with E-state index in [2.05, 4.69) is 0 Å². The average molecular weight is 180 g/mol. The lowest BCUT2D eigenvalue weighted by Gasteiger charge is -1.98. The largest absolute Gasteiger partial charge is 0.485 e. The van der Waals surface area contributed by atoms with Crippen LogP contribution in [0.15, 0.2) is 23.1 Å². The second-order valence-electron chi connectivity index (χ2n) is 2.57. The zero-order valence-electron chi connectivity index (χ0n) is 6.66. The molecule has 0 radical (unpaired) electrons. The lowest BCUT2D eigenvalue weighted by Crippen LogP contribution is -1.98. The molecular formula is C9H8O2S. The van der Waals surface area contributed by atoms with Crippen molar-refractivity contribution >= 4 is 17.5 Å². The van der Waals surface area contributed by atoms with Crippen LogP contribution in [0.2, 0.25) is 0 Å². The van der Waals surface area contributed by atoms with E-state index >= 15 is 0 Å². The number of benzene rings is 1. The summed E-state index contributed by atoms with van der Waals surface area (Å²) >= 11 is 1.63. The van der Waals surface area contributed by atoms with Crippen LogP contribution in [0.5, 0.6) is 5.75 Å². The minimum Gasteiger partial charge on any atom is -0.485 e. The van der Waals surface area contributed by atoms with Gasteiger partial charge in [-0.1, -0.05) is 0 Å². The fourth-order valence-electron chi connectivity index (χ4n) is 1.20. The third-order valence-corrected chi connectivity index (χ3v) is 2.57. The molecule has 1 heterocycles. The quantitative estimate of drug-likeness (QED) is 0.618. The number of ether oxygens (including phenoxy) is 1.